The fraction of sp³-hybridized carbons (Fsp3) is 0.467. The first-order valence-corrected chi connectivity index (χ1v) is 6.99. The van der Waals surface area contributed by atoms with Crippen molar-refractivity contribution in [3.8, 4) is 0 Å². The van der Waals surface area contributed by atoms with Gasteiger partial charge >= 0.3 is 0 Å². The second kappa shape index (κ2) is 5.44. The lowest BCUT2D eigenvalue weighted by Gasteiger charge is -2.38. The molecule has 1 aromatic rings. The molecule has 2 fully saturated rings. The summed E-state index contributed by atoms with van der Waals surface area (Å²) in [5, 5.41) is 2.89. The number of amides is 2. The van der Waals surface area contributed by atoms with Crippen LogP contribution in [0.1, 0.15) is 24.4 Å². The van der Waals surface area contributed by atoms with E-state index in [2.05, 4.69) is 5.32 Å². The number of halogens is 1. The largest absolute Gasteiger partial charge is 0.356 e. The second-order valence-corrected chi connectivity index (χ2v) is 5.52. The average Bonchev–Trinajstić information content (AvgIpc) is 3.27. The minimum Gasteiger partial charge on any atom is -0.356 e. The van der Waals surface area contributed by atoms with Crippen LogP contribution >= 0.6 is 0 Å². The van der Waals surface area contributed by atoms with Crippen molar-refractivity contribution in [2.75, 3.05) is 13.7 Å². The second-order valence-electron chi connectivity index (χ2n) is 5.52. The van der Waals surface area contributed by atoms with Gasteiger partial charge in [-0.15, -0.1) is 0 Å². The molecule has 0 spiro atoms. The van der Waals surface area contributed by atoms with Gasteiger partial charge in [0.25, 0.3) is 5.91 Å². The first-order chi connectivity index (χ1) is 10.1. The third-order valence-electron chi connectivity index (χ3n) is 3.88. The maximum atomic E-state index is 13.1. The molecule has 0 unspecified atom stereocenters. The monoisotopic (exact) mass is 292 g/mol. The number of hydrogen-bond donors (Lipinski definition) is 1. The molecule has 1 aromatic carbocycles. The van der Waals surface area contributed by atoms with E-state index in [0.717, 1.165) is 12.8 Å². The molecule has 1 saturated carbocycles. The Bertz CT molecular complexity index is 557. The number of morpholine rings is 1. The maximum Gasteiger partial charge on any atom is 0.251 e. The van der Waals surface area contributed by atoms with E-state index in [9.17, 15) is 14.0 Å². The van der Waals surface area contributed by atoms with Gasteiger partial charge in [-0.05, 0) is 30.5 Å². The van der Waals surface area contributed by atoms with Crippen molar-refractivity contribution in [1.82, 2.24) is 10.2 Å². The third kappa shape index (κ3) is 2.90. The molecule has 0 bridgehead atoms. The van der Waals surface area contributed by atoms with E-state index in [1.165, 1.54) is 17.0 Å². The Hall–Kier alpha value is -1.95. The van der Waals surface area contributed by atoms with Gasteiger partial charge in [0.1, 0.15) is 12.4 Å². The zero-order chi connectivity index (χ0) is 15.0. The smallest absolute Gasteiger partial charge is 0.251 e. The van der Waals surface area contributed by atoms with E-state index < -0.39 is 12.1 Å². The molecule has 1 heterocycles. The summed E-state index contributed by atoms with van der Waals surface area (Å²) in [6, 6.07) is 5.48. The average molecular weight is 292 g/mol. The minimum absolute atomic E-state index is 0.114. The van der Waals surface area contributed by atoms with Crippen molar-refractivity contribution in [3.63, 3.8) is 0 Å². The van der Waals surface area contributed by atoms with E-state index in [4.69, 9.17) is 4.74 Å². The molecular formula is C15H17FN2O3. The molecule has 1 aliphatic carbocycles. The number of nitrogens with one attached hydrogen (secondary N) is 1. The Kier molecular flexibility index (Phi) is 3.63. The lowest BCUT2D eigenvalue weighted by molar-refractivity contribution is -0.162. The van der Waals surface area contributed by atoms with Crippen LogP contribution in [0.2, 0.25) is 0 Å². The Labute approximate surface area is 122 Å². The van der Waals surface area contributed by atoms with Crippen LogP contribution in [0.15, 0.2) is 24.3 Å². The minimum atomic E-state index is -0.765. The summed E-state index contributed by atoms with van der Waals surface area (Å²) >= 11 is 0. The molecule has 1 aliphatic heterocycles. The fourth-order valence-corrected chi connectivity index (χ4v) is 2.50. The standard InChI is InChI=1S/C15H17FN2O3/c1-18-12(19)8-21-14(15(20)17-11-6-7-11)13(18)9-2-4-10(16)5-3-9/h2-5,11,13-14H,6-8H2,1H3,(H,17,20)/t13-,14-/m1/s1. The van der Waals surface area contributed by atoms with Gasteiger partial charge in [-0.3, -0.25) is 9.59 Å². The maximum absolute atomic E-state index is 13.1. The number of nitrogens with zero attached hydrogens (tertiary/aromatic N) is 1. The van der Waals surface area contributed by atoms with Crippen LogP contribution in [0.3, 0.4) is 0 Å². The zero-order valence-corrected chi connectivity index (χ0v) is 11.7. The van der Waals surface area contributed by atoms with Crippen LogP contribution in [0.5, 0.6) is 0 Å². The summed E-state index contributed by atoms with van der Waals surface area (Å²) in [5.41, 5.74) is 0.683. The van der Waals surface area contributed by atoms with Gasteiger partial charge in [0.15, 0.2) is 6.10 Å². The highest BCUT2D eigenvalue weighted by Gasteiger charge is 2.41. The predicted octanol–water partition coefficient (Wildman–Crippen LogP) is 1.00. The normalized spacial score (nSPS) is 25.8. The van der Waals surface area contributed by atoms with Gasteiger partial charge in [-0.1, -0.05) is 12.1 Å². The Balaban J connectivity index is 1.86. The van der Waals surface area contributed by atoms with Gasteiger partial charge in [0, 0.05) is 13.1 Å². The van der Waals surface area contributed by atoms with Crippen LogP contribution < -0.4 is 5.32 Å². The van der Waals surface area contributed by atoms with Gasteiger partial charge in [0.2, 0.25) is 5.91 Å². The van der Waals surface area contributed by atoms with Crippen molar-refractivity contribution < 1.29 is 18.7 Å². The lowest BCUT2D eigenvalue weighted by atomic mass is 9.97. The van der Waals surface area contributed by atoms with E-state index in [-0.39, 0.29) is 30.3 Å². The fourth-order valence-electron chi connectivity index (χ4n) is 2.50. The van der Waals surface area contributed by atoms with Crippen molar-refractivity contribution in [2.24, 2.45) is 0 Å². The van der Waals surface area contributed by atoms with Crippen molar-refractivity contribution in [3.05, 3.63) is 35.6 Å². The molecule has 1 saturated heterocycles. The van der Waals surface area contributed by atoms with Crippen LogP contribution in [0.25, 0.3) is 0 Å². The number of likely N-dealkylation sites (N-methyl/N-ethyl adjacent to an activating group) is 1. The van der Waals surface area contributed by atoms with Gasteiger partial charge in [-0.25, -0.2) is 4.39 Å². The van der Waals surface area contributed by atoms with E-state index >= 15 is 0 Å². The number of benzene rings is 1. The van der Waals surface area contributed by atoms with Gasteiger partial charge in [-0.2, -0.15) is 0 Å². The molecular weight excluding hydrogens is 275 g/mol. The molecule has 1 N–H and O–H groups in total. The topological polar surface area (TPSA) is 58.6 Å². The van der Waals surface area contributed by atoms with E-state index in [0.29, 0.717) is 5.56 Å². The summed E-state index contributed by atoms with van der Waals surface area (Å²) < 4.78 is 18.5. The van der Waals surface area contributed by atoms with E-state index in [1.807, 2.05) is 0 Å². The van der Waals surface area contributed by atoms with Crippen LogP contribution in [0.4, 0.5) is 4.39 Å². The zero-order valence-electron chi connectivity index (χ0n) is 11.7. The van der Waals surface area contributed by atoms with Gasteiger partial charge in [0.05, 0.1) is 6.04 Å². The lowest BCUT2D eigenvalue weighted by Crippen LogP contribution is -2.53. The molecule has 2 atom stereocenters. The summed E-state index contributed by atoms with van der Waals surface area (Å²) in [6.07, 6.45) is 1.20. The molecule has 112 valence electrons. The number of carbonyl (C=O) groups is 2. The number of ether oxygens (including phenoxy) is 1. The Morgan fingerprint density at radius 1 is 1.33 bits per heavy atom. The first-order valence-electron chi connectivity index (χ1n) is 6.99. The molecule has 2 aliphatic rings. The molecule has 2 amide bonds. The molecule has 0 radical (unpaired) electrons. The molecule has 0 aromatic heterocycles. The van der Waals surface area contributed by atoms with Crippen molar-refractivity contribution in [1.29, 1.82) is 0 Å². The molecule has 5 nitrogen and oxygen atoms in total. The summed E-state index contributed by atoms with van der Waals surface area (Å²) in [5.74, 6) is -0.769. The first kappa shape index (κ1) is 14.0. The molecule has 21 heavy (non-hydrogen) atoms. The Morgan fingerprint density at radius 2 is 2.00 bits per heavy atom. The van der Waals surface area contributed by atoms with Crippen molar-refractivity contribution in [2.45, 2.75) is 31.0 Å². The third-order valence-corrected chi connectivity index (χ3v) is 3.88. The predicted molar refractivity (Wildman–Crippen MR) is 72.8 cm³/mol. The van der Waals surface area contributed by atoms with E-state index in [1.54, 1.807) is 19.2 Å². The molecule has 3 rings (SSSR count). The van der Waals surface area contributed by atoms with Gasteiger partial charge < -0.3 is 15.0 Å². The van der Waals surface area contributed by atoms with Crippen LogP contribution in [0, 0.1) is 5.82 Å². The number of hydrogen-bond acceptors (Lipinski definition) is 3. The van der Waals surface area contributed by atoms with Crippen molar-refractivity contribution >= 4 is 11.8 Å². The summed E-state index contributed by atoms with van der Waals surface area (Å²) in [6.45, 7) is -0.114. The summed E-state index contributed by atoms with van der Waals surface area (Å²) in [7, 11) is 1.64. The Morgan fingerprint density at radius 3 is 2.62 bits per heavy atom. The number of rotatable bonds is 3. The highest BCUT2D eigenvalue weighted by atomic mass is 19.1. The highest BCUT2D eigenvalue weighted by Crippen LogP contribution is 2.30. The SMILES string of the molecule is CN1C(=O)CO[C@@H](C(=O)NC2CC2)[C@H]1c1ccc(F)cc1. The quantitative estimate of drug-likeness (QED) is 0.904. The van der Waals surface area contributed by atoms with Crippen LogP contribution in [-0.4, -0.2) is 42.5 Å². The summed E-state index contributed by atoms with van der Waals surface area (Å²) in [4.78, 5) is 25.6. The van der Waals surface area contributed by atoms with Crippen LogP contribution in [-0.2, 0) is 14.3 Å². The molecule has 6 heteroatoms. The number of carbonyl (C=O) groups excluding carboxylic acids is 2. The highest BCUT2D eigenvalue weighted by molar-refractivity contribution is 5.86.